The maximum atomic E-state index is 12.1. The summed E-state index contributed by atoms with van der Waals surface area (Å²) in [4.78, 5) is 37.3. The van der Waals surface area contributed by atoms with Crippen LogP contribution >= 0.6 is 11.3 Å². The first kappa shape index (κ1) is 21.4. The highest BCUT2D eigenvalue weighted by molar-refractivity contribution is 7.15. The molecule has 156 valence electrons. The summed E-state index contributed by atoms with van der Waals surface area (Å²) in [6.45, 7) is 5.88. The lowest BCUT2D eigenvalue weighted by atomic mass is 10.2. The second-order valence-electron chi connectivity index (χ2n) is 6.75. The molecular weight excluding hydrogens is 400 g/mol. The molecule has 0 unspecified atom stereocenters. The van der Waals surface area contributed by atoms with Crippen molar-refractivity contribution >= 4 is 40.5 Å². The lowest BCUT2D eigenvalue weighted by Crippen LogP contribution is -2.22. The topological polar surface area (TPSA) is 109 Å². The first-order chi connectivity index (χ1) is 14.4. The van der Waals surface area contributed by atoms with E-state index in [4.69, 9.17) is 0 Å². The summed E-state index contributed by atoms with van der Waals surface area (Å²) in [5.41, 5.74) is 3.21. The van der Waals surface area contributed by atoms with Crippen LogP contribution in [0.15, 0.2) is 36.5 Å². The van der Waals surface area contributed by atoms with Gasteiger partial charge in [0.25, 0.3) is 0 Å². The quantitative estimate of drug-likeness (QED) is 0.475. The van der Waals surface area contributed by atoms with Gasteiger partial charge in [-0.2, -0.15) is 0 Å². The predicted molar refractivity (Wildman–Crippen MR) is 119 cm³/mol. The van der Waals surface area contributed by atoms with Gasteiger partial charge in [-0.05, 0) is 44.5 Å². The van der Waals surface area contributed by atoms with Crippen LogP contribution in [0.5, 0.6) is 0 Å². The summed E-state index contributed by atoms with van der Waals surface area (Å²) >= 11 is 1.60. The molecule has 3 rings (SSSR count). The van der Waals surface area contributed by atoms with Crippen LogP contribution in [0.4, 0.5) is 17.3 Å². The fourth-order valence-electron chi connectivity index (χ4n) is 2.85. The van der Waals surface area contributed by atoms with Crippen LogP contribution in [-0.2, 0) is 9.59 Å². The number of amides is 2. The minimum absolute atomic E-state index is 0.0962. The molecule has 3 N–H and O–H groups in total. The summed E-state index contributed by atoms with van der Waals surface area (Å²) in [7, 11) is 0. The predicted octanol–water partition coefficient (Wildman–Crippen LogP) is 3.82. The number of anilines is 3. The molecule has 8 nitrogen and oxygen atoms in total. The lowest BCUT2D eigenvalue weighted by Gasteiger charge is -2.09. The van der Waals surface area contributed by atoms with Gasteiger partial charge < -0.3 is 16.0 Å². The minimum atomic E-state index is -0.105. The minimum Gasteiger partial charge on any atom is -0.356 e. The van der Waals surface area contributed by atoms with E-state index >= 15 is 0 Å². The zero-order valence-corrected chi connectivity index (χ0v) is 18.0. The Labute approximate surface area is 179 Å². The van der Waals surface area contributed by atoms with Gasteiger partial charge in [-0.3, -0.25) is 9.59 Å². The molecular formula is C21H24N6O2S. The number of aryl methyl sites for hydroxylation is 2. The first-order valence-corrected chi connectivity index (χ1v) is 10.4. The van der Waals surface area contributed by atoms with Crippen molar-refractivity contribution in [2.45, 2.75) is 33.6 Å². The van der Waals surface area contributed by atoms with Crippen LogP contribution in [0.2, 0.25) is 0 Å². The second-order valence-corrected chi connectivity index (χ2v) is 7.96. The van der Waals surface area contributed by atoms with E-state index in [2.05, 4.69) is 30.9 Å². The number of benzene rings is 1. The number of carbonyl (C=O) groups is 2. The Balaban J connectivity index is 1.63. The Morgan fingerprint density at radius 1 is 1.10 bits per heavy atom. The molecule has 30 heavy (non-hydrogen) atoms. The van der Waals surface area contributed by atoms with Crippen molar-refractivity contribution in [2.75, 3.05) is 17.2 Å². The summed E-state index contributed by atoms with van der Waals surface area (Å²) in [5, 5.41) is 9.72. The van der Waals surface area contributed by atoms with Crippen molar-refractivity contribution in [3.8, 4) is 10.6 Å². The third-order valence-corrected chi connectivity index (χ3v) is 5.24. The molecule has 0 aliphatic heterocycles. The first-order valence-electron chi connectivity index (χ1n) is 9.59. The summed E-state index contributed by atoms with van der Waals surface area (Å²) < 4.78 is 0. The van der Waals surface area contributed by atoms with Gasteiger partial charge in [0.2, 0.25) is 17.8 Å². The average Bonchev–Trinajstić information content (AvgIpc) is 3.04. The Morgan fingerprint density at radius 2 is 1.90 bits per heavy atom. The summed E-state index contributed by atoms with van der Waals surface area (Å²) in [6.07, 6.45) is 2.62. The number of carbonyl (C=O) groups excluding carboxylic acids is 2. The molecule has 9 heteroatoms. The maximum Gasteiger partial charge on any atom is 0.227 e. The number of nitrogens with zero attached hydrogens (tertiary/aromatic N) is 3. The third kappa shape index (κ3) is 6.08. The standard InChI is InChI=1S/C21H24N6O2S/c1-13-20(30-15(3)24-13)18-9-11-23-21(27-18)26-17-7-4-6-16(12-17)25-19(29)8-5-10-22-14(2)28/h4,6-7,9,11-12H,5,8,10H2,1-3H3,(H,22,28)(H,25,29)(H,23,26,27). The molecule has 2 aromatic heterocycles. The van der Waals surface area contributed by atoms with Gasteiger partial charge in [0.1, 0.15) is 0 Å². The molecule has 2 amide bonds. The molecule has 0 bridgehead atoms. The molecule has 0 aliphatic carbocycles. The van der Waals surface area contributed by atoms with Crippen LogP contribution in [0.1, 0.15) is 30.5 Å². The van der Waals surface area contributed by atoms with Crippen molar-refractivity contribution in [1.29, 1.82) is 0 Å². The van der Waals surface area contributed by atoms with Gasteiger partial charge in [0.15, 0.2) is 0 Å². The Kier molecular flexibility index (Phi) is 7.08. The number of nitrogens with one attached hydrogen (secondary N) is 3. The number of rotatable bonds is 8. The molecule has 0 saturated heterocycles. The van der Waals surface area contributed by atoms with Gasteiger partial charge >= 0.3 is 0 Å². The fraction of sp³-hybridized carbons (Fsp3) is 0.286. The zero-order valence-electron chi connectivity index (χ0n) is 17.2. The Hall–Kier alpha value is -3.33. The molecule has 0 spiro atoms. The van der Waals surface area contributed by atoms with E-state index in [-0.39, 0.29) is 11.8 Å². The number of thiazole rings is 1. The second kappa shape index (κ2) is 9.93. The van der Waals surface area contributed by atoms with Crippen LogP contribution in [0, 0.1) is 13.8 Å². The molecule has 0 fully saturated rings. The molecule has 0 aliphatic rings. The summed E-state index contributed by atoms with van der Waals surface area (Å²) in [5.74, 6) is 0.268. The van der Waals surface area contributed by atoms with Crippen molar-refractivity contribution in [3.63, 3.8) is 0 Å². The van der Waals surface area contributed by atoms with E-state index in [0.29, 0.717) is 31.0 Å². The Morgan fingerprint density at radius 3 is 2.63 bits per heavy atom. The Bertz CT molecular complexity index is 1050. The third-order valence-electron chi connectivity index (χ3n) is 4.15. The number of hydrogen-bond donors (Lipinski definition) is 3. The normalized spacial score (nSPS) is 10.5. The van der Waals surface area contributed by atoms with Crippen molar-refractivity contribution in [2.24, 2.45) is 0 Å². The highest BCUT2D eigenvalue weighted by Crippen LogP contribution is 2.29. The zero-order chi connectivity index (χ0) is 21.5. The number of hydrogen-bond acceptors (Lipinski definition) is 7. The van der Waals surface area contributed by atoms with E-state index < -0.39 is 0 Å². The van der Waals surface area contributed by atoms with Gasteiger partial charge in [-0.1, -0.05) is 6.07 Å². The van der Waals surface area contributed by atoms with E-state index in [1.54, 1.807) is 17.5 Å². The molecule has 0 saturated carbocycles. The van der Waals surface area contributed by atoms with Crippen molar-refractivity contribution < 1.29 is 9.59 Å². The molecule has 1 aromatic carbocycles. The van der Waals surface area contributed by atoms with Crippen LogP contribution in [0.25, 0.3) is 10.6 Å². The maximum absolute atomic E-state index is 12.1. The van der Waals surface area contributed by atoms with Gasteiger partial charge in [-0.25, -0.2) is 15.0 Å². The smallest absolute Gasteiger partial charge is 0.227 e. The van der Waals surface area contributed by atoms with Crippen LogP contribution in [0.3, 0.4) is 0 Å². The largest absolute Gasteiger partial charge is 0.356 e. The lowest BCUT2D eigenvalue weighted by molar-refractivity contribution is -0.119. The SMILES string of the molecule is CC(=O)NCCCC(=O)Nc1cccc(Nc2nccc(-c3sc(C)nc3C)n2)c1. The summed E-state index contributed by atoms with van der Waals surface area (Å²) in [6, 6.07) is 9.23. The average molecular weight is 425 g/mol. The molecule has 3 aromatic rings. The van der Waals surface area contributed by atoms with Crippen LogP contribution in [-0.4, -0.2) is 33.3 Å². The van der Waals surface area contributed by atoms with E-state index in [0.717, 1.165) is 27.0 Å². The van der Waals surface area contributed by atoms with Gasteiger partial charge in [0.05, 0.1) is 21.3 Å². The highest BCUT2D eigenvalue weighted by Gasteiger charge is 2.10. The van der Waals surface area contributed by atoms with Crippen LogP contribution < -0.4 is 16.0 Å². The van der Waals surface area contributed by atoms with E-state index in [1.807, 2.05) is 44.2 Å². The molecule has 2 heterocycles. The van der Waals surface area contributed by atoms with E-state index in [1.165, 1.54) is 6.92 Å². The fourth-order valence-corrected chi connectivity index (χ4v) is 3.74. The van der Waals surface area contributed by atoms with Crippen molar-refractivity contribution in [3.05, 3.63) is 47.2 Å². The molecule has 0 radical (unpaired) electrons. The van der Waals surface area contributed by atoms with Crippen molar-refractivity contribution in [1.82, 2.24) is 20.3 Å². The van der Waals surface area contributed by atoms with Gasteiger partial charge in [-0.15, -0.1) is 11.3 Å². The van der Waals surface area contributed by atoms with E-state index in [9.17, 15) is 9.59 Å². The monoisotopic (exact) mass is 424 g/mol. The molecule has 0 atom stereocenters. The number of aromatic nitrogens is 3. The van der Waals surface area contributed by atoms with Gasteiger partial charge in [0, 0.05) is 37.5 Å². The highest BCUT2D eigenvalue weighted by atomic mass is 32.1.